The normalized spacial score (nSPS) is 19.6. The van der Waals surface area contributed by atoms with Gasteiger partial charge in [0.2, 0.25) is 0 Å². The first-order valence-corrected chi connectivity index (χ1v) is 7.26. The van der Waals surface area contributed by atoms with Crippen LogP contribution >= 0.6 is 11.3 Å². The van der Waals surface area contributed by atoms with Crippen molar-refractivity contribution in [1.82, 2.24) is 19.7 Å². The average molecular weight is 278 g/mol. The summed E-state index contributed by atoms with van der Waals surface area (Å²) < 4.78 is 7.35. The van der Waals surface area contributed by atoms with Crippen molar-refractivity contribution >= 4 is 11.3 Å². The van der Waals surface area contributed by atoms with Gasteiger partial charge in [0, 0.05) is 56.0 Å². The summed E-state index contributed by atoms with van der Waals surface area (Å²) in [4.78, 5) is 6.79. The van der Waals surface area contributed by atoms with Crippen LogP contribution in [0.15, 0.2) is 17.8 Å². The second kappa shape index (κ2) is 5.40. The maximum atomic E-state index is 5.37. The Balaban J connectivity index is 1.80. The Bertz CT molecular complexity index is 537. The highest BCUT2D eigenvalue weighted by Crippen LogP contribution is 2.29. The number of thiazole rings is 1. The Morgan fingerprint density at radius 2 is 2.42 bits per heavy atom. The third-order valence-corrected chi connectivity index (χ3v) is 4.30. The number of rotatable bonds is 4. The monoisotopic (exact) mass is 278 g/mol. The van der Waals surface area contributed by atoms with Gasteiger partial charge in [-0.15, -0.1) is 11.3 Å². The second-order valence-electron chi connectivity index (χ2n) is 4.93. The van der Waals surface area contributed by atoms with Gasteiger partial charge in [-0.25, -0.2) is 4.98 Å². The standard InChI is InChI=1S/C13H18N4OS/c1-16-13-10(5-15-16)6-17(7-11(13)9-18-2)8-12-14-3-4-19-12/h3-5,11H,6-9H2,1-2H3/t11-/m0/s1. The van der Waals surface area contributed by atoms with Crippen molar-refractivity contribution in [1.29, 1.82) is 0 Å². The molecule has 0 aliphatic carbocycles. The van der Waals surface area contributed by atoms with Crippen LogP contribution in [-0.2, 0) is 24.9 Å². The molecule has 0 aromatic carbocycles. The highest BCUT2D eigenvalue weighted by molar-refractivity contribution is 7.09. The zero-order valence-corrected chi connectivity index (χ0v) is 12.1. The first kappa shape index (κ1) is 12.8. The Hall–Kier alpha value is -1.24. The number of aryl methyl sites for hydroxylation is 1. The molecule has 2 aromatic rings. The molecular formula is C13H18N4OS. The van der Waals surface area contributed by atoms with Crippen LogP contribution in [0.5, 0.6) is 0 Å². The molecule has 1 aliphatic heterocycles. The molecule has 19 heavy (non-hydrogen) atoms. The van der Waals surface area contributed by atoms with Gasteiger partial charge >= 0.3 is 0 Å². The van der Waals surface area contributed by atoms with Crippen molar-refractivity contribution in [3.63, 3.8) is 0 Å². The quantitative estimate of drug-likeness (QED) is 0.852. The van der Waals surface area contributed by atoms with Gasteiger partial charge in [-0.1, -0.05) is 0 Å². The van der Waals surface area contributed by atoms with Crippen LogP contribution in [0.1, 0.15) is 22.2 Å². The maximum absolute atomic E-state index is 5.37. The van der Waals surface area contributed by atoms with E-state index >= 15 is 0 Å². The zero-order chi connectivity index (χ0) is 13.2. The van der Waals surface area contributed by atoms with Gasteiger partial charge in [-0.05, 0) is 0 Å². The minimum absolute atomic E-state index is 0.390. The van der Waals surface area contributed by atoms with Crippen molar-refractivity contribution in [2.75, 3.05) is 20.3 Å². The molecule has 0 spiro atoms. The van der Waals surface area contributed by atoms with E-state index in [2.05, 4.69) is 15.0 Å². The van der Waals surface area contributed by atoms with Crippen LogP contribution < -0.4 is 0 Å². The van der Waals surface area contributed by atoms with Crippen LogP contribution in [0.3, 0.4) is 0 Å². The molecule has 0 saturated heterocycles. The number of nitrogens with zero attached hydrogens (tertiary/aromatic N) is 4. The lowest BCUT2D eigenvalue weighted by Crippen LogP contribution is -2.35. The molecule has 0 N–H and O–H groups in total. The summed E-state index contributed by atoms with van der Waals surface area (Å²) in [6.07, 6.45) is 3.85. The average Bonchev–Trinajstić information content (AvgIpc) is 3.00. The van der Waals surface area contributed by atoms with Gasteiger partial charge in [-0.2, -0.15) is 5.10 Å². The predicted molar refractivity (Wildman–Crippen MR) is 74.1 cm³/mol. The Morgan fingerprint density at radius 1 is 1.53 bits per heavy atom. The first-order valence-electron chi connectivity index (χ1n) is 6.38. The predicted octanol–water partition coefficient (Wildman–Crippen LogP) is 1.62. The summed E-state index contributed by atoms with van der Waals surface area (Å²) in [7, 11) is 3.77. The van der Waals surface area contributed by atoms with Gasteiger partial charge in [0.05, 0.1) is 19.3 Å². The summed E-state index contributed by atoms with van der Waals surface area (Å²) in [6, 6.07) is 0. The fourth-order valence-electron chi connectivity index (χ4n) is 2.82. The van der Waals surface area contributed by atoms with Gasteiger partial charge in [0.25, 0.3) is 0 Å². The van der Waals surface area contributed by atoms with Gasteiger partial charge in [0.1, 0.15) is 5.01 Å². The summed E-state index contributed by atoms with van der Waals surface area (Å²) in [5.74, 6) is 0.390. The summed E-state index contributed by atoms with van der Waals surface area (Å²) >= 11 is 1.71. The number of hydrogen-bond donors (Lipinski definition) is 0. The summed E-state index contributed by atoms with van der Waals surface area (Å²) in [5, 5.41) is 7.58. The fourth-order valence-corrected chi connectivity index (χ4v) is 3.48. The van der Waals surface area contributed by atoms with Gasteiger partial charge in [-0.3, -0.25) is 9.58 Å². The van der Waals surface area contributed by atoms with Crippen LogP contribution in [0.25, 0.3) is 0 Å². The second-order valence-corrected chi connectivity index (χ2v) is 5.91. The van der Waals surface area contributed by atoms with Crippen molar-refractivity contribution in [3.8, 4) is 0 Å². The van der Waals surface area contributed by atoms with Crippen molar-refractivity contribution < 1.29 is 4.74 Å². The largest absolute Gasteiger partial charge is 0.384 e. The lowest BCUT2D eigenvalue weighted by atomic mass is 9.97. The Labute approximate surface area is 116 Å². The van der Waals surface area contributed by atoms with Crippen molar-refractivity contribution in [2.24, 2.45) is 7.05 Å². The topological polar surface area (TPSA) is 43.2 Å². The van der Waals surface area contributed by atoms with Crippen LogP contribution in [0.4, 0.5) is 0 Å². The number of aromatic nitrogens is 3. The van der Waals surface area contributed by atoms with Crippen molar-refractivity contribution in [2.45, 2.75) is 19.0 Å². The molecule has 0 unspecified atom stereocenters. The molecule has 1 aliphatic rings. The van der Waals surface area contributed by atoms with E-state index in [0.29, 0.717) is 5.92 Å². The third kappa shape index (κ3) is 2.56. The van der Waals surface area contributed by atoms with E-state index in [1.54, 1.807) is 18.4 Å². The van der Waals surface area contributed by atoms with Crippen LogP contribution in [0, 0.1) is 0 Å². The van der Waals surface area contributed by atoms with E-state index in [1.165, 1.54) is 16.3 Å². The van der Waals surface area contributed by atoms with E-state index in [-0.39, 0.29) is 0 Å². The molecule has 5 nitrogen and oxygen atoms in total. The van der Waals surface area contributed by atoms with Crippen molar-refractivity contribution in [3.05, 3.63) is 34.0 Å². The smallest absolute Gasteiger partial charge is 0.107 e. The molecule has 3 heterocycles. The summed E-state index contributed by atoms with van der Waals surface area (Å²) in [5.41, 5.74) is 2.63. The number of methoxy groups -OCH3 is 1. The molecule has 0 radical (unpaired) electrons. The van der Waals surface area contributed by atoms with E-state index in [4.69, 9.17) is 4.74 Å². The van der Waals surface area contributed by atoms with E-state index in [0.717, 1.165) is 26.2 Å². The van der Waals surface area contributed by atoms with Gasteiger partial charge in [0.15, 0.2) is 0 Å². The molecule has 6 heteroatoms. The lowest BCUT2D eigenvalue weighted by molar-refractivity contribution is 0.132. The molecule has 0 saturated carbocycles. The van der Waals surface area contributed by atoms with Crippen LogP contribution in [-0.4, -0.2) is 39.9 Å². The maximum Gasteiger partial charge on any atom is 0.107 e. The molecule has 2 aromatic heterocycles. The minimum atomic E-state index is 0.390. The van der Waals surface area contributed by atoms with Crippen LogP contribution in [0.2, 0.25) is 0 Å². The minimum Gasteiger partial charge on any atom is -0.384 e. The summed E-state index contributed by atoms with van der Waals surface area (Å²) in [6.45, 7) is 3.59. The number of fused-ring (bicyclic) bond motifs is 1. The third-order valence-electron chi connectivity index (χ3n) is 3.53. The lowest BCUT2D eigenvalue weighted by Gasteiger charge is -2.32. The Morgan fingerprint density at radius 3 is 3.16 bits per heavy atom. The Kier molecular flexibility index (Phi) is 3.63. The molecule has 0 bridgehead atoms. The molecule has 0 fully saturated rings. The zero-order valence-electron chi connectivity index (χ0n) is 11.2. The van der Waals surface area contributed by atoms with E-state index in [9.17, 15) is 0 Å². The molecular weight excluding hydrogens is 260 g/mol. The highest BCUT2D eigenvalue weighted by atomic mass is 32.1. The SMILES string of the molecule is COC[C@@H]1CN(Cc2nccs2)Cc2cnn(C)c21. The van der Waals surface area contributed by atoms with E-state index in [1.807, 2.05) is 29.5 Å². The first-order chi connectivity index (χ1) is 9.28. The molecule has 0 amide bonds. The molecule has 102 valence electrons. The number of ether oxygens (including phenoxy) is 1. The highest BCUT2D eigenvalue weighted by Gasteiger charge is 2.28. The fraction of sp³-hybridized carbons (Fsp3) is 0.538. The van der Waals surface area contributed by atoms with E-state index < -0.39 is 0 Å². The van der Waals surface area contributed by atoms with Gasteiger partial charge < -0.3 is 4.74 Å². The molecule has 1 atom stereocenters. The number of hydrogen-bond acceptors (Lipinski definition) is 5. The molecule has 3 rings (SSSR count).